The molecular formula is C52H42BaCl2N6O12S2. The summed E-state index contributed by atoms with van der Waals surface area (Å²) in [4.78, 5) is 24.9. The van der Waals surface area contributed by atoms with Gasteiger partial charge >= 0.3 is 48.9 Å². The van der Waals surface area contributed by atoms with Crippen molar-refractivity contribution in [1.82, 2.24) is 0 Å². The Balaban J connectivity index is 0.000000241. The molecule has 0 fully saturated rings. The molecule has 2 amide bonds. The number of aryl methyl sites for hydroxylation is 2. The van der Waals surface area contributed by atoms with Crippen LogP contribution in [0.3, 0.4) is 0 Å². The smallest absolute Gasteiger partial charge is 0.870 e. The molecule has 0 spiro atoms. The summed E-state index contributed by atoms with van der Waals surface area (Å²) in [5, 5.41) is 48.0. The number of anilines is 2. The van der Waals surface area contributed by atoms with Crippen LogP contribution in [0.1, 0.15) is 45.7 Å². The summed E-state index contributed by atoms with van der Waals surface area (Å²) in [6.45, 7) is 7.78. The summed E-state index contributed by atoms with van der Waals surface area (Å²) in [5.74, 6) is -1.14. The standard InChI is InChI=1S/2C26H22ClN3O6S.Ba/c2*1-3-36-19-10-8-18(9-11-19)28-26(32)21-13-16-6-4-5-7-20(16)24(25(21)31)30-29-23-15(2)12-17(27)14-22(23)37(33,34)35;/h2*4-14,31H,3H2,1-2H3,(H,28,32)(H,33,34,35);/q;;+2/p-2. The number of aromatic hydroxyl groups is 1. The monoisotopic (exact) mass is 1210 g/mol. The van der Waals surface area contributed by atoms with Gasteiger partial charge in [0.05, 0.1) is 29.4 Å². The van der Waals surface area contributed by atoms with Gasteiger partial charge in [-0.1, -0.05) is 77.5 Å². The number of phenols is 1. The summed E-state index contributed by atoms with van der Waals surface area (Å²) < 4.78 is 79.6. The van der Waals surface area contributed by atoms with Crippen molar-refractivity contribution in [3.63, 3.8) is 0 Å². The fourth-order valence-electron chi connectivity index (χ4n) is 7.42. The Bertz CT molecular complexity index is 3530. The van der Waals surface area contributed by atoms with E-state index in [4.69, 9.17) is 32.7 Å². The topological polar surface area (TPSA) is 281 Å². The molecule has 0 aliphatic carbocycles. The van der Waals surface area contributed by atoms with Gasteiger partial charge in [-0.05, 0) is 135 Å². The Morgan fingerprint density at radius 3 is 1.45 bits per heavy atom. The van der Waals surface area contributed by atoms with Gasteiger partial charge in [0.15, 0.2) is 5.75 Å². The molecule has 0 aliphatic rings. The number of azo groups is 2. The number of ether oxygens (including phenoxy) is 2. The maximum Gasteiger partial charge on any atom is 2.00 e. The van der Waals surface area contributed by atoms with E-state index in [1.165, 1.54) is 31.2 Å². The van der Waals surface area contributed by atoms with E-state index in [-0.39, 0.29) is 98.4 Å². The van der Waals surface area contributed by atoms with Crippen LogP contribution in [0.2, 0.25) is 10.0 Å². The molecule has 8 aromatic rings. The minimum atomic E-state index is -4.94. The van der Waals surface area contributed by atoms with E-state index in [2.05, 4.69) is 31.1 Å². The normalized spacial score (nSPS) is 11.5. The number of rotatable bonds is 14. The van der Waals surface area contributed by atoms with E-state index in [0.29, 0.717) is 63.2 Å². The van der Waals surface area contributed by atoms with Crippen LogP contribution >= 0.6 is 23.2 Å². The number of nitrogens with one attached hydrogen (secondary N) is 2. The van der Waals surface area contributed by atoms with Gasteiger partial charge in [0.1, 0.15) is 43.6 Å². The third-order valence-corrected chi connectivity index (χ3v) is 13.0. The number of amides is 2. The van der Waals surface area contributed by atoms with Crippen molar-refractivity contribution in [3.05, 3.63) is 166 Å². The molecule has 0 bridgehead atoms. The van der Waals surface area contributed by atoms with Crippen LogP contribution in [0, 0.1) is 13.8 Å². The van der Waals surface area contributed by atoms with Crippen molar-refractivity contribution in [3.8, 4) is 23.0 Å². The summed E-state index contributed by atoms with van der Waals surface area (Å²) >= 11 is 11.9. The number of nitrogens with zero attached hydrogens (tertiary/aromatic N) is 4. The Labute approximate surface area is 481 Å². The Morgan fingerprint density at radius 1 is 0.587 bits per heavy atom. The summed E-state index contributed by atoms with van der Waals surface area (Å²) in [6.07, 6.45) is 0. The van der Waals surface area contributed by atoms with Gasteiger partial charge in [0.25, 0.3) is 21.9 Å². The molecule has 0 unspecified atom stereocenters. The Hall–Kier alpha value is -6.41. The molecule has 8 rings (SSSR count). The molecule has 0 aromatic heterocycles. The van der Waals surface area contributed by atoms with Crippen LogP contribution in [0.5, 0.6) is 23.0 Å². The SMILES string of the molecule is CCOc1ccc(NC(=O)c2cc3ccccc3c(N=Nc3c(C)cc(Cl)cc3S(=O)(=O)O)c2O)cc1.CCOc1ccc(NC(=O)c2cc3ccccc3c(N=Nc3c(C)cc(Cl)cc3S(=O)(=O)[O-])c2[O-])cc1.[Ba+2]. The van der Waals surface area contributed by atoms with Gasteiger partial charge in [0, 0.05) is 37.8 Å². The van der Waals surface area contributed by atoms with E-state index in [0.717, 1.165) is 12.1 Å². The molecule has 4 N–H and O–H groups in total. The predicted molar refractivity (Wildman–Crippen MR) is 284 cm³/mol. The first-order valence-corrected chi connectivity index (χ1v) is 25.7. The van der Waals surface area contributed by atoms with Gasteiger partial charge in [0.2, 0.25) is 0 Å². The van der Waals surface area contributed by atoms with Gasteiger partial charge < -0.3 is 34.9 Å². The fraction of sp³-hybridized carbons (Fsp3) is 0.115. The maximum absolute atomic E-state index is 13.4. The van der Waals surface area contributed by atoms with Crippen molar-refractivity contribution in [2.75, 3.05) is 23.8 Å². The molecule has 23 heteroatoms. The Morgan fingerprint density at radius 2 is 0.987 bits per heavy atom. The van der Waals surface area contributed by atoms with E-state index < -0.39 is 53.3 Å². The quantitative estimate of drug-likeness (QED) is 0.0449. The van der Waals surface area contributed by atoms with Crippen molar-refractivity contribution in [2.24, 2.45) is 20.5 Å². The van der Waals surface area contributed by atoms with Crippen molar-refractivity contribution in [2.45, 2.75) is 37.5 Å². The molecule has 8 aromatic carbocycles. The van der Waals surface area contributed by atoms with Crippen molar-refractivity contribution in [1.29, 1.82) is 0 Å². The average Bonchev–Trinajstić information content (AvgIpc) is 3.34. The first-order valence-electron chi connectivity index (χ1n) is 22.1. The second-order valence-electron chi connectivity index (χ2n) is 16.0. The maximum atomic E-state index is 13.4. The number of carbonyl (C=O) groups is 2. The van der Waals surface area contributed by atoms with Crippen LogP contribution in [-0.2, 0) is 20.2 Å². The number of carbonyl (C=O) groups excluding carboxylic acids is 2. The first kappa shape index (κ1) is 57.9. The van der Waals surface area contributed by atoms with Gasteiger partial charge in [-0.3, -0.25) is 14.1 Å². The van der Waals surface area contributed by atoms with Crippen LogP contribution in [0.25, 0.3) is 21.5 Å². The predicted octanol–water partition coefficient (Wildman–Crippen LogP) is 12.3. The summed E-state index contributed by atoms with van der Waals surface area (Å²) in [7, 11) is -9.61. The summed E-state index contributed by atoms with van der Waals surface area (Å²) in [6, 6.07) is 34.9. The zero-order valence-electron chi connectivity index (χ0n) is 40.2. The minimum absolute atomic E-state index is 0. The average molecular weight is 1220 g/mol. The minimum Gasteiger partial charge on any atom is -0.870 e. The number of halogens is 2. The molecule has 0 heterocycles. The first-order chi connectivity index (χ1) is 35.2. The molecule has 0 aliphatic heterocycles. The van der Waals surface area contributed by atoms with E-state index in [1.807, 2.05) is 13.8 Å². The van der Waals surface area contributed by atoms with Crippen molar-refractivity contribution >= 4 is 160 Å². The number of hydrogen-bond acceptors (Lipinski definition) is 15. The summed E-state index contributed by atoms with van der Waals surface area (Å²) in [5.41, 5.74) is 0.653. The molecule has 0 atom stereocenters. The van der Waals surface area contributed by atoms with E-state index in [1.54, 1.807) is 104 Å². The molecular weight excluding hydrogens is 1170 g/mol. The molecule has 18 nitrogen and oxygen atoms in total. The Kier molecular flexibility index (Phi) is 19.3. The van der Waals surface area contributed by atoms with Crippen LogP contribution in [-0.4, -0.2) is 105 Å². The fourth-order valence-corrected chi connectivity index (χ4v) is 9.53. The molecule has 0 saturated carbocycles. The third kappa shape index (κ3) is 14.1. The number of hydrogen-bond donors (Lipinski definition) is 4. The van der Waals surface area contributed by atoms with Crippen LogP contribution < -0.4 is 25.2 Å². The van der Waals surface area contributed by atoms with Gasteiger partial charge in [-0.2, -0.15) is 13.5 Å². The van der Waals surface area contributed by atoms with Crippen molar-refractivity contribution < 1.29 is 55.2 Å². The number of phenolic OH excluding ortho intramolecular Hbond substituents is 1. The van der Waals surface area contributed by atoms with Gasteiger partial charge in [-0.15, -0.1) is 15.3 Å². The molecule has 0 radical (unpaired) electrons. The largest absolute Gasteiger partial charge is 2.00 e. The van der Waals surface area contributed by atoms with E-state index >= 15 is 0 Å². The molecule has 75 heavy (non-hydrogen) atoms. The third-order valence-electron chi connectivity index (χ3n) is 10.8. The zero-order chi connectivity index (χ0) is 53.5. The van der Waals surface area contributed by atoms with E-state index in [9.17, 15) is 45.7 Å². The second kappa shape index (κ2) is 25.0. The molecule has 0 saturated heterocycles. The zero-order valence-corrected chi connectivity index (χ0v) is 47.7. The number of benzene rings is 8. The number of fused-ring (bicyclic) bond motifs is 2. The van der Waals surface area contributed by atoms with Gasteiger partial charge in [-0.25, -0.2) is 8.42 Å². The van der Waals surface area contributed by atoms with Crippen LogP contribution in [0.4, 0.5) is 34.1 Å². The molecule has 380 valence electrons. The van der Waals surface area contributed by atoms with Crippen LogP contribution in [0.15, 0.2) is 164 Å². The second-order valence-corrected chi connectivity index (χ2v) is 19.6.